The molecule has 1 N–H and O–H groups in total. The van der Waals surface area contributed by atoms with Gasteiger partial charge in [0.1, 0.15) is 11.9 Å². The van der Waals surface area contributed by atoms with Crippen molar-refractivity contribution in [1.29, 1.82) is 0 Å². The lowest BCUT2D eigenvalue weighted by molar-refractivity contribution is -0.138. The maximum Gasteiger partial charge on any atom is 0.307 e. The Morgan fingerprint density at radius 1 is 1.64 bits per heavy atom. The molecule has 0 radical (unpaired) electrons. The Hall–Kier alpha value is -1.22. The van der Waals surface area contributed by atoms with Crippen molar-refractivity contribution in [2.24, 2.45) is 0 Å². The fourth-order valence-corrected chi connectivity index (χ4v) is 1.85. The minimum atomic E-state index is -0.848. The molecule has 0 saturated heterocycles. The highest BCUT2D eigenvalue weighted by Gasteiger charge is 2.26. The van der Waals surface area contributed by atoms with Crippen molar-refractivity contribution in [2.75, 3.05) is 0 Å². The number of halogens is 1. The molecule has 1 aliphatic heterocycles. The van der Waals surface area contributed by atoms with Crippen molar-refractivity contribution in [3.05, 3.63) is 28.8 Å². The Balaban J connectivity index is 2.18. The molecule has 1 aromatic rings. The third-order valence-corrected chi connectivity index (χ3v) is 2.48. The summed E-state index contributed by atoms with van der Waals surface area (Å²) in [5, 5.41) is 9.16. The first-order valence-corrected chi connectivity index (χ1v) is 4.70. The molecule has 0 fully saturated rings. The minimum absolute atomic E-state index is 0.0189. The van der Waals surface area contributed by atoms with Crippen molar-refractivity contribution < 1.29 is 14.6 Å². The molecule has 1 atom stereocenters. The van der Waals surface area contributed by atoms with Crippen molar-refractivity contribution in [1.82, 2.24) is 0 Å². The molecule has 0 aromatic heterocycles. The fourth-order valence-electron chi connectivity index (χ4n) is 1.61. The van der Waals surface area contributed by atoms with Gasteiger partial charge in [-0.15, -0.1) is 0 Å². The van der Waals surface area contributed by atoms with E-state index in [0.29, 0.717) is 17.2 Å². The SMILES string of the molecule is O=C(O)CC1Cc2cccc(Cl)c2O1. The van der Waals surface area contributed by atoms with Gasteiger partial charge in [-0.1, -0.05) is 23.7 Å². The van der Waals surface area contributed by atoms with E-state index in [-0.39, 0.29) is 12.5 Å². The second-order valence-electron chi connectivity index (χ2n) is 3.27. The normalized spacial score (nSPS) is 18.8. The maximum atomic E-state index is 10.5. The molecule has 1 unspecified atom stereocenters. The van der Waals surface area contributed by atoms with Gasteiger partial charge in [0.2, 0.25) is 0 Å². The summed E-state index contributed by atoms with van der Waals surface area (Å²) in [7, 11) is 0. The lowest BCUT2D eigenvalue weighted by Gasteiger charge is -2.07. The molecule has 14 heavy (non-hydrogen) atoms. The van der Waals surface area contributed by atoms with Crippen LogP contribution in [0.5, 0.6) is 5.75 Å². The molecule has 0 aliphatic carbocycles. The van der Waals surface area contributed by atoms with Crippen LogP contribution < -0.4 is 4.74 Å². The molecule has 74 valence electrons. The number of aliphatic carboxylic acids is 1. The molecule has 0 saturated carbocycles. The van der Waals surface area contributed by atoms with Gasteiger partial charge in [-0.05, 0) is 11.6 Å². The Bertz CT molecular complexity index is 376. The van der Waals surface area contributed by atoms with Crippen LogP contribution in [0.15, 0.2) is 18.2 Å². The monoisotopic (exact) mass is 212 g/mol. The summed E-state index contributed by atoms with van der Waals surface area (Å²) in [5.74, 6) is -0.209. The van der Waals surface area contributed by atoms with Gasteiger partial charge in [-0.3, -0.25) is 4.79 Å². The van der Waals surface area contributed by atoms with E-state index in [4.69, 9.17) is 21.4 Å². The highest BCUT2D eigenvalue weighted by Crippen LogP contribution is 2.36. The first kappa shape index (κ1) is 9.34. The predicted molar refractivity (Wildman–Crippen MR) is 51.8 cm³/mol. The topological polar surface area (TPSA) is 46.5 Å². The Labute approximate surface area is 86.3 Å². The highest BCUT2D eigenvalue weighted by atomic mass is 35.5. The number of carboxylic acids is 1. The highest BCUT2D eigenvalue weighted by molar-refractivity contribution is 6.32. The van der Waals surface area contributed by atoms with Crippen LogP contribution >= 0.6 is 11.6 Å². The van der Waals surface area contributed by atoms with Crippen LogP contribution in [0.2, 0.25) is 5.02 Å². The Morgan fingerprint density at radius 3 is 3.07 bits per heavy atom. The third-order valence-electron chi connectivity index (χ3n) is 2.18. The summed E-state index contributed by atoms with van der Waals surface area (Å²) in [6, 6.07) is 5.49. The summed E-state index contributed by atoms with van der Waals surface area (Å²) < 4.78 is 5.44. The molecule has 4 heteroatoms. The second kappa shape index (κ2) is 3.50. The summed E-state index contributed by atoms with van der Waals surface area (Å²) in [5.41, 5.74) is 0.990. The third kappa shape index (κ3) is 1.68. The van der Waals surface area contributed by atoms with E-state index in [9.17, 15) is 4.79 Å². The number of hydrogen-bond donors (Lipinski definition) is 1. The average molecular weight is 213 g/mol. The zero-order chi connectivity index (χ0) is 10.1. The number of carboxylic acid groups (broad SMARTS) is 1. The number of hydrogen-bond acceptors (Lipinski definition) is 2. The van der Waals surface area contributed by atoms with Crippen molar-refractivity contribution in [2.45, 2.75) is 18.9 Å². The van der Waals surface area contributed by atoms with Crippen LogP contribution in [0.4, 0.5) is 0 Å². The van der Waals surface area contributed by atoms with Crippen molar-refractivity contribution in [3.8, 4) is 5.75 Å². The number of carbonyl (C=O) groups is 1. The van der Waals surface area contributed by atoms with E-state index in [2.05, 4.69) is 0 Å². The molecule has 1 aromatic carbocycles. The number of rotatable bonds is 2. The average Bonchev–Trinajstić information content (AvgIpc) is 2.47. The van der Waals surface area contributed by atoms with E-state index < -0.39 is 5.97 Å². The quantitative estimate of drug-likeness (QED) is 0.817. The Kier molecular flexibility index (Phi) is 2.33. The standard InChI is InChI=1S/C10H9ClO3/c11-8-3-1-2-6-4-7(5-9(12)13)14-10(6)8/h1-3,7H,4-5H2,(H,12,13). The van der Waals surface area contributed by atoms with Crippen molar-refractivity contribution >= 4 is 17.6 Å². The fraction of sp³-hybridized carbons (Fsp3) is 0.300. The molecular formula is C10H9ClO3. The van der Waals surface area contributed by atoms with Crippen LogP contribution in [0.1, 0.15) is 12.0 Å². The minimum Gasteiger partial charge on any atom is -0.488 e. The van der Waals surface area contributed by atoms with E-state index >= 15 is 0 Å². The molecule has 1 aliphatic rings. The number of fused-ring (bicyclic) bond motifs is 1. The van der Waals surface area contributed by atoms with E-state index in [1.165, 1.54) is 0 Å². The molecular weight excluding hydrogens is 204 g/mol. The van der Waals surface area contributed by atoms with Gasteiger partial charge in [0.15, 0.2) is 0 Å². The lowest BCUT2D eigenvalue weighted by atomic mass is 10.1. The molecule has 0 spiro atoms. The molecule has 3 nitrogen and oxygen atoms in total. The first-order chi connectivity index (χ1) is 6.66. The van der Waals surface area contributed by atoms with Gasteiger partial charge in [-0.2, -0.15) is 0 Å². The first-order valence-electron chi connectivity index (χ1n) is 4.32. The van der Waals surface area contributed by atoms with Gasteiger partial charge in [0, 0.05) is 6.42 Å². The number of ether oxygens (including phenoxy) is 1. The van der Waals surface area contributed by atoms with Gasteiger partial charge < -0.3 is 9.84 Å². The number of benzene rings is 1. The second-order valence-corrected chi connectivity index (χ2v) is 3.68. The number of para-hydroxylation sites is 1. The van der Waals surface area contributed by atoms with E-state index in [0.717, 1.165) is 5.56 Å². The lowest BCUT2D eigenvalue weighted by Crippen LogP contribution is -2.17. The van der Waals surface area contributed by atoms with Crippen LogP contribution in [0.25, 0.3) is 0 Å². The molecule has 0 bridgehead atoms. The maximum absolute atomic E-state index is 10.5. The van der Waals surface area contributed by atoms with Crippen LogP contribution in [-0.2, 0) is 11.2 Å². The molecule has 2 rings (SSSR count). The van der Waals surface area contributed by atoms with E-state index in [1.807, 2.05) is 12.1 Å². The van der Waals surface area contributed by atoms with Gasteiger partial charge in [0.25, 0.3) is 0 Å². The van der Waals surface area contributed by atoms with Crippen LogP contribution in [-0.4, -0.2) is 17.2 Å². The summed E-state index contributed by atoms with van der Waals surface area (Å²) in [6.45, 7) is 0. The van der Waals surface area contributed by atoms with Gasteiger partial charge >= 0.3 is 5.97 Å². The zero-order valence-electron chi connectivity index (χ0n) is 7.37. The largest absolute Gasteiger partial charge is 0.488 e. The smallest absolute Gasteiger partial charge is 0.307 e. The Morgan fingerprint density at radius 2 is 2.43 bits per heavy atom. The summed E-state index contributed by atoms with van der Waals surface area (Å²) >= 11 is 5.90. The molecule has 1 heterocycles. The van der Waals surface area contributed by atoms with E-state index in [1.54, 1.807) is 6.07 Å². The molecule has 0 amide bonds. The van der Waals surface area contributed by atoms with Crippen LogP contribution in [0, 0.1) is 0 Å². The summed E-state index contributed by atoms with van der Waals surface area (Å²) in [6.07, 6.45) is 0.370. The summed E-state index contributed by atoms with van der Waals surface area (Å²) in [4.78, 5) is 10.5. The predicted octanol–water partition coefficient (Wildman–Crippen LogP) is 2.12. The zero-order valence-corrected chi connectivity index (χ0v) is 8.12. The van der Waals surface area contributed by atoms with Crippen molar-refractivity contribution in [3.63, 3.8) is 0 Å². The van der Waals surface area contributed by atoms with Gasteiger partial charge in [0.05, 0.1) is 11.4 Å². The van der Waals surface area contributed by atoms with Crippen LogP contribution in [0.3, 0.4) is 0 Å². The van der Waals surface area contributed by atoms with Gasteiger partial charge in [-0.25, -0.2) is 0 Å².